The largest absolute Gasteiger partial charge is 0.488 e. The second kappa shape index (κ2) is 7.89. The van der Waals surface area contributed by atoms with Gasteiger partial charge >= 0.3 is 12.0 Å². The van der Waals surface area contributed by atoms with Crippen molar-refractivity contribution in [1.29, 1.82) is 0 Å². The van der Waals surface area contributed by atoms with Crippen molar-refractivity contribution < 1.29 is 19.4 Å². The number of aromatic nitrogens is 1. The molecule has 1 aliphatic rings. The molecule has 0 aliphatic carbocycles. The van der Waals surface area contributed by atoms with E-state index in [0.717, 1.165) is 0 Å². The molecule has 29 heavy (non-hydrogen) atoms. The first kappa shape index (κ1) is 18.3. The molecule has 2 aromatic carbocycles. The third-order valence-electron chi connectivity index (χ3n) is 4.37. The number of aromatic carboxylic acids is 1. The van der Waals surface area contributed by atoms with Crippen molar-refractivity contribution in [2.45, 2.75) is 0 Å². The number of urea groups is 1. The Bertz CT molecular complexity index is 1060. The number of fused-ring (bicyclic) bond motifs is 1. The summed E-state index contributed by atoms with van der Waals surface area (Å²) in [4.78, 5) is 29.9. The summed E-state index contributed by atoms with van der Waals surface area (Å²) in [5, 5.41) is 15.2. The first-order valence-electron chi connectivity index (χ1n) is 8.97. The normalized spacial score (nSPS) is 12.5. The zero-order valence-electron chi connectivity index (χ0n) is 15.3. The highest BCUT2D eigenvalue weighted by Crippen LogP contribution is 2.33. The van der Waals surface area contributed by atoms with Crippen LogP contribution in [0, 0.1) is 0 Å². The number of amides is 2. The Morgan fingerprint density at radius 2 is 1.79 bits per heavy atom. The summed E-state index contributed by atoms with van der Waals surface area (Å²) in [7, 11) is 0. The summed E-state index contributed by atoms with van der Waals surface area (Å²) >= 11 is 0. The van der Waals surface area contributed by atoms with E-state index in [0.29, 0.717) is 41.8 Å². The lowest BCUT2D eigenvalue weighted by molar-refractivity contribution is 0.0698. The van der Waals surface area contributed by atoms with Crippen molar-refractivity contribution in [2.75, 3.05) is 28.7 Å². The molecule has 2 amide bonds. The van der Waals surface area contributed by atoms with E-state index in [2.05, 4.69) is 15.6 Å². The van der Waals surface area contributed by atoms with Crippen LogP contribution < -0.4 is 20.3 Å². The van der Waals surface area contributed by atoms with Gasteiger partial charge in [-0.1, -0.05) is 30.3 Å². The Morgan fingerprint density at radius 1 is 1.03 bits per heavy atom. The molecule has 1 aromatic heterocycles. The average molecular weight is 390 g/mol. The number of carbonyl (C=O) groups excluding carboxylic acids is 1. The van der Waals surface area contributed by atoms with Gasteiger partial charge in [0, 0.05) is 11.8 Å². The van der Waals surface area contributed by atoms with Crippen molar-refractivity contribution in [3.63, 3.8) is 0 Å². The van der Waals surface area contributed by atoms with Crippen molar-refractivity contribution in [3.8, 4) is 5.75 Å². The van der Waals surface area contributed by atoms with Crippen LogP contribution in [0.4, 0.5) is 27.7 Å². The number of anilines is 4. The first-order chi connectivity index (χ1) is 14.1. The number of ether oxygens (including phenoxy) is 1. The number of nitrogens with one attached hydrogen (secondary N) is 2. The number of para-hydroxylation sites is 2. The van der Waals surface area contributed by atoms with Gasteiger partial charge in [0.25, 0.3) is 0 Å². The van der Waals surface area contributed by atoms with Gasteiger partial charge < -0.3 is 20.5 Å². The molecule has 3 aromatic rings. The molecule has 1 aliphatic heterocycles. The monoisotopic (exact) mass is 390 g/mol. The average Bonchev–Trinajstić information content (AvgIpc) is 2.74. The summed E-state index contributed by atoms with van der Waals surface area (Å²) in [5.74, 6) is -0.182. The zero-order chi connectivity index (χ0) is 20.2. The van der Waals surface area contributed by atoms with Gasteiger partial charge in [-0.25, -0.2) is 14.6 Å². The van der Waals surface area contributed by atoms with E-state index < -0.39 is 5.97 Å². The van der Waals surface area contributed by atoms with E-state index >= 15 is 0 Å². The molecular formula is C21H18N4O4. The highest BCUT2D eigenvalue weighted by Gasteiger charge is 2.25. The lowest BCUT2D eigenvalue weighted by atomic mass is 10.1. The molecule has 0 atom stereocenters. The van der Waals surface area contributed by atoms with Gasteiger partial charge in [0.2, 0.25) is 0 Å². The maximum absolute atomic E-state index is 12.7. The van der Waals surface area contributed by atoms with Crippen LogP contribution in [0.15, 0.2) is 66.9 Å². The SMILES string of the molecule is O=C(O)c1ccccc1Nc1cnc2c(c1)OCCN2C(=O)Nc1ccccc1. The highest BCUT2D eigenvalue weighted by atomic mass is 16.5. The van der Waals surface area contributed by atoms with Crippen molar-refractivity contribution >= 4 is 34.9 Å². The second-order valence-electron chi connectivity index (χ2n) is 6.32. The van der Waals surface area contributed by atoms with Crippen molar-refractivity contribution in [2.24, 2.45) is 0 Å². The zero-order valence-corrected chi connectivity index (χ0v) is 15.3. The molecule has 2 heterocycles. The molecule has 146 valence electrons. The number of hydrogen-bond acceptors (Lipinski definition) is 5. The highest BCUT2D eigenvalue weighted by molar-refractivity contribution is 6.02. The molecule has 4 rings (SSSR count). The van der Waals surface area contributed by atoms with E-state index in [-0.39, 0.29) is 11.6 Å². The minimum atomic E-state index is -1.03. The summed E-state index contributed by atoms with van der Waals surface area (Å²) in [6.07, 6.45) is 1.54. The van der Waals surface area contributed by atoms with Gasteiger partial charge in [0.1, 0.15) is 6.61 Å². The number of benzene rings is 2. The number of rotatable bonds is 4. The van der Waals surface area contributed by atoms with Crippen LogP contribution in [0.3, 0.4) is 0 Å². The van der Waals surface area contributed by atoms with Crippen LogP contribution in [0.5, 0.6) is 5.75 Å². The smallest absolute Gasteiger partial charge is 0.337 e. The molecular weight excluding hydrogens is 372 g/mol. The Hall–Kier alpha value is -4.07. The molecule has 0 unspecified atom stereocenters. The predicted octanol–water partition coefficient (Wildman–Crippen LogP) is 3.95. The molecule has 0 bridgehead atoms. The van der Waals surface area contributed by atoms with Gasteiger partial charge in [-0.3, -0.25) is 4.90 Å². The molecule has 8 nitrogen and oxygen atoms in total. The van der Waals surface area contributed by atoms with Crippen LogP contribution in [0.25, 0.3) is 0 Å². The third kappa shape index (κ3) is 3.96. The number of hydrogen-bond donors (Lipinski definition) is 3. The fourth-order valence-corrected chi connectivity index (χ4v) is 3.01. The summed E-state index contributed by atoms with van der Waals surface area (Å²) in [5.41, 5.74) is 1.84. The number of nitrogens with zero attached hydrogens (tertiary/aromatic N) is 2. The topological polar surface area (TPSA) is 104 Å². The van der Waals surface area contributed by atoms with Crippen LogP contribution in [-0.2, 0) is 0 Å². The van der Waals surface area contributed by atoms with Crippen LogP contribution in [0.1, 0.15) is 10.4 Å². The fourth-order valence-electron chi connectivity index (χ4n) is 3.01. The van der Waals surface area contributed by atoms with Crippen LogP contribution in [0.2, 0.25) is 0 Å². The number of pyridine rings is 1. The maximum atomic E-state index is 12.7. The minimum Gasteiger partial charge on any atom is -0.488 e. The maximum Gasteiger partial charge on any atom is 0.337 e. The molecule has 0 saturated heterocycles. The van der Waals surface area contributed by atoms with E-state index in [9.17, 15) is 14.7 Å². The second-order valence-corrected chi connectivity index (χ2v) is 6.32. The summed E-state index contributed by atoms with van der Waals surface area (Å²) in [6.45, 7) is 0.694. The standard InChI is InChI=1S/C21H18N4O4/c26-20(27)16-8-4-5-9-17(16)23-15-12-18-19(22-13-15)25(10-11-29-18)21(28)24-14-6-2-1-3-7-14/h1-9,12-13,23H,10-11H2,(H,24,28)(H,26,27). The van der Waals surface area contributed by atoms with E-state index in [1.807, 2.05) is 18.2 Å². The minimum absolute atomic E-state index is 0.148. The van der Waals surface area contributed by atoms with E-state index in [1.54, 1.807) is 36.4 Å². The third-order valence-corrected chi connectivity index (χ3v) is 4.37. The van der Waals surface area contributed by atoms with Gasteiger partial charge in [0.05, 0.1) is 29.7 Å². The Labute approximate surface area is 166 Å². The fraction of sp³-hybridized carbons (Fsp3) is 0.0952. The van der Waals surface area contributed by atoms with E-state index in [4.69, 9.17) is 4.74 Å². The number of carboxylic acid groups (broad SMARTS) is 1. The van der Waals surface area contributed by atoms with Crippen LogP contribution in [-0.4, -0.2) is 35.2 Å². The van der Waals surface area contributed by atoms with Gasteiger partial charge in [-0.2, -0.15) is 0 Å². The Kier molecular flexibility index (Phi) is 4.98. The lowest BCUT2D eigenvalue weighted by Gasteiger charge is -2.28. The molecule has 0 fully saturated rings. The van der Waals surface area contributed by atoms with Gasteiger partial charge in [-0.15, -0.1) is 0 Å². The molecule has 8 heteroatoms. The van der Waals surface area contributed by atoms with Gasteiger partial charge in [0.15, 0.2) is 11.6 Å². The first-order valence-corrected chi connectivity index (χ1v) is 8.97. The molecule has 0 radical (unpaired) electrons. The number of carboxylic acids is 1. The Morgan fingerprint density at radius 3 is 2.59 bits per heavy atom. The molecule has 3 N–H and O–H groups in total. The Balaban J connectivity index is 1.56. The summed E-state index contributed by atoms with van der Waals surface area (Å²) < 4.78 is 5.67. The quantitative estimate of drug-likeness (QED) is 0.623. The van der Waals surface area contributed by atoms with Crippen molar-refractivity contribution in [1.82, 2.24) is 4.98 Å². The lowest BCUT2D eigenvalue weighted by Crippen LogP contribution is -2.41. The predicted molar refractivity (Wildman–Crippen MR) is 109 cm³/mol. The molecule has 0 spiro atoms. The van der Waals surface area contributed by atoms with Crippen LogP contribution >= 0.6 is 0 Å². The van der Waals surface area contributed by atoms with E-state index in [1.165, 1.54) is 17.2 Å². The summed E-state index contributed by atoms with van der Waals surface area (Å²) in [6, 6.07) is 17.2. The van der Waals surface area contributed by atoms with Gasteiger partial charge in [-0.05, 0) is 24.3 Å². The number of carbonyl (C=O) groups is 2. The van der Waals surface area contributed by atoms with Crippen molar-refractivity contribution in [3.05, 3.63) is 72.4 Å². The molecule has 0 saturated carbocycles.